The largest absolute Gasteiger partial charge is 0.397 e. The first kappa shape index (κ1) is 11.6. The lowest BCUT2D eigenvalue weighted by Gasteiger charge is -2.16. The maximum atomic E-state index is 8.96. The Kier molecular flexibility index (Phi) is 3.26. The number of hydrogen-bond acceptors (Lipinski definition) is 3. The van der Waals surface area contributed by atoms with Crippen molar-refractivity contribution >= 4 is 23.0 Å². The number of nitrogens with one attached hydrogen (secondary N) is 1. The van der Waals surface area contributed by atoms with Crippen LogP contribution < -0.4 is 11.1 Å². The third-order valence-electron chi connectivity index (χ3n) is 3.27. The van der Waals surface area contributed by atoms with Gasteiger partial charge in [-0.3, -0.25) is 0 Å². The van der Waals surface area contributed by atoms with Gasteiger partial charge >= 0.3 is 0 Å². The van der Waals surface area contributed by atoms with Crippen LogP contribution in [0, 0.1) is 5.41 Å². The Bertz CT molecular complexity index is 377. The molecule has 2 rings (SSSR count). The van der Waals surface area contributed by atoms with Crippen LogP contribution in [0.1, 0.15) is 19.3 Å². The van der Waals surface area contributed by atoms with E-state index < -0.39 is 0 Å². The van der Waals surface area contributed by atoms with E-state index in [0.717, 1.165) is 18.7 Å². The van der Waals surface area contributed by atoms with Crippen molar-refractivity contribution in [3.63, 3.8) is 0 Å². The lowest BCUT2D eigenvalue weighted by atomic mass is 10.0. The topological polar surface area (TPSA) is 58.3 Å². The number of halogens is 1. The second-order valence-electron chi connectivity index (χ2n) is 4.56. The molecule has 0 bridgehead atoms. The van der Waals surface area contributed by atoms with Gasteiger partial charge in [-0.05, 0) is 42.9 Å². The quantitative estimate of drug-likeness (QED) is 0.693. The van der Waals surface area contributed by atoms with Crippen LogP contribution in [0.4, 0.5) is 11.4 Å². The zero-order valence-corrected chi connectivity index (χ0v) is 9.93. The normalized spacial score (nSPS) is 17.1. The highest BCUT2D eigenvalue weighted by Gasteiger charge is 2.41. The van der Waals surface area contributed by atoms with Gasteiger partial charge in [-0.15, -0.1) is 0 Å². The zero-order chi connectivity index (χ0) is 11.6. The summed E-state index contributed by atoms with van der Waals surface area (Å²) >= 11 is 5.91. The first-order valence-corrected chi connectivity index (χ1v) is 5.93. The molecular formula is C12H17ClN2O. The number of rotatable bonds is 5. The molecule has 3 nitrogen and oxygen atoms in total. The molecule has 0 amide bonds. The molecule has 0 aliphatic heterocycles. The number of nitrogens with two attached hydrogens (primary N) is 1. The Balaban J connectivity index is 1.97. The average molecular weight is 241 g/mol. The molecule has 0 atom stereocenters. The summed E-state index contributed by atoms with van der Waals surface area (Å²) in [6, 6.07) is 5.42. The Hall–Kier alpha value is -0.930. The highest BCUT2D eigenvalue weighted by molar-refractivity contribution is 6.31. The minimum atomic E-state index is 0.257. The molecule has 0 radical (unpaired) electrons. The molecule has 16 heavy (non-hydrogen) atoms. The number of aliphatic hydroxyl groups is 1. The first-order chi connectivity index (χ1) is 7.65. The van der Waals surface area contributed by atoms with Crippen molar-refractivity contribution in [2.45, 2.75) is 19.3 Å². The lowest BCUT2D eigenvalue weighted by Crippen LogP contribution is -2.17. The summed E-state index contributed by atoms with van der Waals surface area (Å²) in [6.45, 7) is 1.12. The van der Waals surface area contributed by atoms with E-state index in [0.29, 0.717) is 10.7 Å². The maximum absolute atomic E-state index is 8.96. The fraction of sp³-hybridized carbons (Fsp3) is 0.500. The molecule has 4 heteroatoms. The number of hydrogen-bond donors (Lipinski definition) is 3. The van der Waals surface area contributed by atoms with Crippen molar-refractivity contribution in [2.75, 3.05) is 24.2 Å². The van der Waals surface area contributed by atoms with Gasteiger partial charge < -0.3 is 16.2 Å². The molecule has 4 N–H and O–H groups in total. The van der Waals surface area contributed by atoms with E-state index in [9.17, 15) is 0 Å². The predicted molar refractivity (Wildman–Crippen MR) is 67.7 cm³/mol. The number of aliphatic hydroxyl groups excluding tert-OH is 1. The molecule has 0 aromatic heterocycles. The van der Waals surface area contributed by atoms with Crippen molar-refractivity contribution in [3.05, 3.63) is 23.2 Å². The molecule has 1 aliphatic carbocycles. The monoisotopic (exact) mass is 240 g/mol. The van der Waals surface area contributed by atoms with Gasteiger partial charge in [0.15, 0.2) is 0 Å². The van der Waals surface area contributed by atoms with Gasteiger partial charge in [0.25, 0.3) is 0 Å². The Morgan fingerprint density at radius 3 is 2.81 bits per heavy atom. The minimum Gasteiger partial charge on any atom is -0.397 e. The van der Waals surface area contributed by atoms with Crippen LogP contribution in [-0.4, -0.2) is 18.3 Å². The van der Waals surface area contributed by atoms with Gasteiger partial charge in [0.1, 0.15) is 0 Å². The smallest absolute Gasteiger partial charge is 0.0589 e. The van der Waals surface area contributed by atoms with Crippen molar-refractivity contribution in [3.8, 4) is 0 Å². The van der Waals surface area contributed by atoms with E-state index in [1.54, 1.807) is 12.1 Å². The SMILES string of the molecule is Nc1ccc(Cl)cc1NCC1(CCO)CC1. The van der Waals surface area contributed by atoms with Gasteiger partial charge in [-0.2, -0.15) is 0 Å². The van der Waals surface area contributed by atoms with Crippen LogP contribution in [0.2, 0.25) is 5.02 Å². The highest BCUT2D eigenvalue weighted by Crippen LogP contribution is 2.48. The Morgan fingerprint density at radius 2 is 2.19 bits per heavy atom. The van der Waals surface area contributed by atoms with Crippen LogP contribution in [0.15, 0.2) is 18.2 Å². The summed E-state index contributed by atoms with van der Waals surface area (Å²) in [5, 5.41) is 13.0. The van der Waals surface area contributed by atoms with E-state index >= 15 is 0 Å². The third-order valence-corrected chi connectivity index (χ3v) is 3.50. The average Bonchev–Trinajstić information content (AvgIpc) is 3.01. The van der Waals surface area contributed by atoms with Crippen LogP contribution in [0.3, 0.4) is 0 Å². The molecule has 0 unspecified atom stereocenters. The highest BCUT2D eigenvalue weighted by atomic mass is 35.5. The van der Waals surface area contributed by atoms with Crippen molar-refractivity contribution in [2.24, 2.45) is 5.41 Å². The Morgan fingerprint density at radius 1 is 1.44 bits per heavy atom. The van der Waals surface area contributed by atoms with E-state index in [1.165, 1.54) is 12.8 Å². The first-order valence-electron chi connectivity index (χ1n) is 5.55. The van der Waals surface area contributed by atoms with Gasteiger partial charge in [-0.1, -0.05) is 11.6 Å². The van der Waals surface area contributed by atoms with E-state index in [-0.39, 0.29) is 12.0 Å². The summed E-state index contributed by atoms with van der Waals surface area (Å²) < 4.78 is 0. The fourth-order valence-corrected chi connectivity index (χ4v) is 2.07. The standard InChI is InChI=1S/C12H17ClN2O/c13-9-1-2-10(14)11(7-9)15-8-12(3-4-12)5-6-16/h1-2,7,15-16H,3-6,8,14H2. The van der Waals surface area contributed by atoms with Crippen molar-refractivity contribution < 1.29 is 5.11 Å². The molecule has 1 aromatic carbocycles. The third kappa shape index (κ3) is 2.60. The van der Waals surface area contributed by atoms with Gasteiger partial charge in [-0.25, -0.2) is 0 Å². The van der Waals surface area contributed by atoms with E-state index in [1.807, 2.05) is 6.07 Å². The molecule has 1 aromatic rings. The van der Waals surface area contributed by atoms with Crippen molar-refractivity contribution in [1.29, 1.82) is 0 Å². The predicted octanol–water partition coefficient (Wildman–Crippen LogP) is 2.50. The molecule has 0 saturated heterocycles. The molecule has 1 saturated carbocycles. The summed E-state index contributed by atoms with van der Waals surface area (Å²) in [4.78, 5) is 0. The maximum Gasteiger partial charge on any atom is 0.0589 e. The number of benzene rings is 1. The number of nitrogen functional groups attached to an aromatic ring is 1. The summed E-state index contributed by atoms with van der Waals surface area (Å²) in [7, 11) is 0. The molecule has 0 heterocycles. The van der Waals surface area contributed by atoms with Crippen molar-refractivity contribution in [1.82, 2.24) is 0 Å². The van der Waals surface area contributed by atoms with Gasteiger partial charge in [0, 0.05) is 18.2 Å². The summed E-state index contributed by atoms with van der Waals surface area (Å²) in [5.74, 6) is 0. The number of anilines is 2. The van der Waals surface area contributed by atoms with Crippen LogP contribution >= 0.6 is 11.6 Å². The second-order valence-corrected chi connectivity index (χ2v) is 5.00. The minimum absolute atomic E-state index is 0.257. The Labute approximate surface area is 101 Å². The summed E-state index contributed by atoms with van der Waals surface area (Å²) in [5.41, 5.74) is 7.72. The lowest BCUT2D eigenvalue weighted by molar-refractivity contribution is 0.253. The molecule has 0 spiro atoms. The van der Waals surface area contributed by atoms with Crippen LogP contribution in [-0.2, 0) is 0 Å². The van der Waals surface area contributed by atoms with Gasteiger partial charge in [0.2, 0.25) is 0 Å². The zero-order valence-electron chi connectivity index (χ0n) is 9.17. The van der Waals surface area contributed by atoms with Crippen LogP contribution in [0.5, 0.6) is 0 Å². The second kappa shape index (κ2) is 4.52. The van der Waals surface area contributed by atoms with E-state index in [2.05, 4.69) is 5.32 Å². The van der Waals surface area contributed by atoms with E-state index in [4.69, 9.17) is 22.4 Å². The molecule has 1 fully saturated rings. The van der Waals surface area contributed by atoms with Crippen LogP contribution in [0.25, 0.3) is 0 Å². The fourth-order valence-electron chi connectivity index (χ4n) is 1.89. The molecule has 1 aliphatic rings. The summed E-state index contributed by atoms with van der Waals surface area (Å²) in [6.07, 6.45) is 3.22. The van der Waals surface area contributed by atoms with Gasteiger partial charge in [0.05, 0.1) is 11.4 Å². The molecular weight excluding hydrogens is 224 g/mol. The molecule has 88 valence electrons.